The van der Waals surface area contributed by atoms with Crippen molar-refractivity contribution < 1.29 is 0 Å². The molecule has 0 aliphatic heterocycles. The van der Waals surface area contributed by atoms with Gasteiger partial charge in [-0.15, -0.1) is 23.2 Å². The molecule has 3 heteroatoms. The first-order valence-corrected chi connectivity index (χ1v) is 2.95. The van der Waals surface area contributed by atoms with Crippen molar-refractivity contribution in [2.75, 3.05) is 0 Å². The van der Waals surface area contributed by atoms with E-state index in [0.29, 0.717) is 0 Å². The van der Waals surface area contributed by atoms with E-state index in [4.69, 9.17) is 34.8 Å². The lowest BCUT2D eigenvalue weighted by atomic mass is 11.0. The van der Waals surface area contributed by atoms with Crippen LogP contribution < -0.4 is 0 Å². The normalized spacial score (nSPS) is 7.00. The maximum Gasteiger partial charge on any atom is 0.105 e. The maximum absolute atomic E-state index is 5.04. The Labute approximate surface area is 59.1 Å². The fourth-order valence-electron chi connectivity index (χ4n) is 0. The molecule has 0 nitrogen and oxygen atoms in total. The maximum atomic E-state index is 5.04. The van der Waals surface area contributed by atoms with Gasteiger partial charge >= 0.3 is 0 Å². The number of rotatable bonds is 0. The Morgan fingerprint density at radius 2 is 1.57 bits per heavy atom. The highest BCUT2D eigenvalue weighted by molar-refractivity contribution is 6.43. The molecular weight excluding hydrogens is 154 g/mol. The minimum absolute atomic E-state index is 0.222. The minimum Gasteiger partial charge on any atom is -0.106 e. The second-order valence-electron chi connectivity index (χ2n) is 0.673. The summed E-state index contributed by atoms with van der Waals surface area (Å²) in [7, 11) is 0. The molecule has 7 heavy (non-hydrogen) atoms. The van der Waals surface area contributed by atoms with Crippen molar-refractivity contribution in [1.82, 2.24) is 0 Å². The summed E-state index contributed by atoms with van der Waals surface area (Å²) in [5.41, 5.74) is 1.22. The molecule has 0 spiro atoms. The highest BCUT2D eigenvalue weighted by atomic mass is 35.5. The topological polar surface area (TPSA) is 0 Å². The molecule has 0 amide bonds. The van der Waals surface area contributed by atoms with Gasteiger partial charge in [-0.1, -0.05) is 18.2 Å². The van der Waals surface area contributed by atoms with Gasteiger partial charge in [-0.05, 0) is 12.5 Å². The average molecular weight is 161 g/mol. The summed E-state index contributed by atoms with van der Waals surface area (Å²) in [5, 5.41) is 0. The Hall–Kier alpha value is 0.610. The molecule has 0 fully saturated rings. The van der Waals surface area contributed by atoms with Crippen LogP contribution in [0.5, 0.6) is 0 Å². The Bertz CT molecular complexity index is 31.2. The molecule has 0 aliphatic carbocycles. The monoisotopic (exact) mass is 160 g/mol. The van der Waals surface area contributed by atoms with Crippen molar-refractivity contribution in [2.45, 2.75) is 11.8 Å². The third kappa shape index (κ3) is 378. The van der Waals surface area contributed by atoms with Gasteiger partial charge in [0, 0.05) is 0 Å². The molecule has 0 unspecified atom stereocenters. The van der Waals surface area contributed by atoms with Crippen molar-refractivity contribution in [2.24, 2.45) is 0 Å². The smallest absolute Gasteiger partial charge is 0.105 e. The van der Waals surface area contributed by atoms with E-state index in [2.05, 4.69) is 6.58 Å². The number of hydrogen-bond donors (Lipinski definition) is 0. The van der Waals surface area contributed by atoms with Gasteiger partial charge in [-0.3, -0.25) is 0 Å². The van der Waals surface area contributed by atoms with E-state index in [1.54, 1.807) is 6.92 Å². The fourth-order valence-corrected chi connectivity index (χ4v) is 0. The van der Waals surface area contributed by atoms with E-state index in [1.807, 2.05) is 0 Å². The van der Waals surface area contributed by atoms with Crippen molar-refractivity contribution in [3.8, 4) is 0 Å². The van der Waals surface area contributed by atoms with Crippen LogP contribution in [-0.4, -0.2) is 4.84 Å². The van der Waals surface area contributed by atoms with Crippen LogP contribution in [0.3, 0.4) is 0 Å². The van der Waals surface area contributed by atoms with Crippen LogP contribution in [0.2, 0.25) is 0 Å². The van der Waals surface area contributed by atoms with Crippen molar-refractivity contribution in [3.05, 3.63) is 12.1 Å². The first-order valence-electron chi connectivity index (χ1n) is 1.64. The lowest BCUT2D eigenvalue weighted by molar-refractivity contribution is 1.39. The van der Waals surface area contributed by atoms with Gasteiger partial charge in [0.25, 0.3) is 0 Å². The molecule has 0 heterocycles. The molecular formula is C4H7Cl3. The number of alkyl halides is 2. The lowest BCUT2D eigenvalue weighted by Crippen LogP contribution is -1.63. The second-order valence-corrected chi connectivity index (χ2v) is 2.51. The zero-order chi connectivity index (χ0) is 6.28. The summed E-state index contributed by atoms with van der Waals surface area (Å²) < 4.78 is 0. The molecule has 0 bridgehead atoms. The van der Waals surface area contributed by atoms with Crippen molar-refractivity contribution in [3.63, 3.8) is 0 Å². The third-order valence-corrected chi connectivity index (χ3v) is 0. The molecule has 0 aromatic carbocycles. The predicted molar refractivity (Wildman–Crippen MR) is 37.2 cm³/mol. The molecule has 0 saturated carbocycles. The largest absolute Gasteiger partial charge is 0.106 e. The van der Waals surface area contributed by atoms with Crippen LogP contribution in [0.25, 0.3) is 0 Å². The summed E-state index contributed by atoms with van der Waals surface area (Å²) in [6.45, 7) is 4.82. The van der Waals surface area contributed by atoms with Crippen LogP contribution in [0.1, 0.15) is 6.92 Å². The fraction of sp³-hybridized carbons (Fsp3) is 0.500. The van der Waals surface area contributed by atoms with Gasteiger partial charge in [-0.2, -0.15) is 0 Å². The Balaban J connectivity index is 0. The molecule has 0 aromatic rings. The van der Waals surface area contributed by atoms with Gasteiger partial charge in [-0.25, -0.2) is 0 Å². The molecule has 0 atom stereocenters. The summed E-state index contributed by atoms with van der Waals surface area (Å²) in [6.07, 6.45) is 0. The molecule has 0 radical (unpaired) electrons. The van der Waals surface area contributed by atoms with Crippen LogP contribution in [0.4, 0.5) is 0 Å². The zero-order valence-electron chi connectivity index (χ0n) is 4.00. The number of halogens is 3. The highest BCUT2D eigenvalue weighted by Crippen LogP contribution is 1.95. The van der Waals surface area contributed by atoms with E-state index in [1.165, 1.54) is 5.54 Å². The summed E-state index contributed by atoms with van der Waals surface area (Å²) >= 11 is 14.8. The van der Waals surface area contributed by atoms with Crippen molar-refractivity contribution in [1.29, 1.82) is 0 Å². The van der Waals surface area contributed by atoms with E-state index in [0.717, 1.165) is 0 Å². The molecule has 0 aromatic heterocycles. The van der Waals surface area contributed by atoms with Gasteiger partial charge < -0.3 is 0 Å². The SMILES string of the molecule is C=CCl.CC(Cl)Cl. The second kappa shape index (κ2) is 9.79. The Morgan fingerprint density at radius 3 is 1.57 bits per heavy atom. The van der Waals surface area contributed by atoms with Crippen molar-refractivity contribution >= 4 is 34.8 Å². The van der Waals surface area contributed by atoms with Gasteiger partial charge in [0.05, 0.1) is 0 Å². The standard InChI is InChI=1S/C2H4Cl2.C2H3Cl/c1-2(3)4;1-2-3/h2H,1H3;2H,1H2. The molecule has 0 aliphatic rings. The van der Waals surface area contributed by atoms with E-state index < -0.39 is 0 Å². The first-order chi connectivity index (χ1) is 3.15. The molecule has 44 valence electrons. The quantitative estimate of drug-likeness (QED) is 0.479. The van der Waals surface area contributed by atoms with Gasteiger partial charge in [0.15, 0.2) is 0 Å². The molecule has 0 N–H and O–H groups in total. The third-order valence-electron chi connectivity index (χ3n) is 0. The first kappa shape index (κ1) is 10.6. The Morgan fingerprint density at radius 1 is 1.57 bits per heavy atom. The van der Waals surface area contributed by atoms with E-state index in [-0.39, 0.29) is 4.84 Å². The summed E-state index contributed by atoms with van der Waals surface area (Å²) in [4.78, 5) is -0.222. The molecule has 0 saturated heterocycles. The van der Waals surface area contributed by atoms with E-state index >= 15 is 0 Å². The van der Waals surface area contributed by atoms with Gasteiger partial charge in [0.1, 0.15) is 4.84 Å². The van der Waals surface area contributed by atoms with Crippen LogP contribution in [0, 0.1) is 0 Å². The summed E-state index contributed by atoms with van der Waals surface area (Å²) in [6, 6.07) is 0. The minimum atomic E-state index is -0.222. The predicted octanol–water partition coefficient (Wildman–Crippen LogP) is 3.18. The van der Waals surface area contributed by atoms with Crippen LogP contribution >= 0.6 is 34.8 Å². The summed E-state index contributed by atoms with van der Waals surface area (Å²) in [5.74, 6) is 0. The lowest BCUT2D eigenvalue weighted by Gasteiger charge is -1.72. The van der Waals surface area contributed by atoms with Crippen LogP contribution in [0.15, 0.2) is 12.1 Å². The highest BCUT2D eigenvalue weighted by Gasteiger charge is 1.75. The molecule has 0 rings (SSSR count). The average Bonchev–Trinajstić information content (AvgIpc) is 1.33. The van der Waals surface area contributed by atoms with Crippen LogP contribution in [-0.2, 0) is 0 Å². The van der Waals surface area contributed by atoms with Gasteiger partial charge in [0.2, 0.25) is 0 Å². The Kier molecular flexibility index (Phi) is 14.8. The van der Waals surface area contributed by atoms with E-state index in [9.17, 15) is 0 Å². The number of hydrogen-bond acceptors (Lipinski definition) is 0. The zero-order valence-corrected chi connectivity index (χ0v) is 6.26.